The lowest BCUT2D eigenvalue weighted by Gasteiger charge is -2.37. The monoisotopic (exact) mass is 232 g/mol. The highest BCUT2D eigenvalue weighted by Gasteiger charge is 2.34. The van der Waals surface area contributed by atoms with E-state index in [1.807, 2.05) is 0 Å². The lowest BCUT2D eigenvalue weighted by molar-refractivity contribution is 0.00789. The van der Waals surface area contributed by atoms with E-state index in [9.17, 15) is 9.50 Å². The average molecular weight is 232 g/mol. The first-order valence-electron chi connectivity index (χ1n) is 6.17. The Morgan fingerprint density at radius 2 is 1.53 bits per heavy atom. The molecule has 0 saturated heterocycles. The molecule has 88 valence electrons. The van der Waals surface area contributed by atoms with Crippen LogP contribution in [0.5, 0.6) is 0 Å². The van der Waals surface area contributed by atoms with Crippen LogP contribution in [0.3, 0.4) is 0 Å². The minimum absolute atomic E-state index is 0.518. The second kappa shape index (κ2) is 5.05. The van der Waals surface area contributed by atoms with Gasteiger partial charge < -0.3 is 5.11 Å². The van der Waals surface area contributed by atoms with Crippen molar-refractivity contribution >= 4 is 12.6 Å². The van der Waals surface area contributed by atoms with Crippen molar-refractivity contribution in [2.75, 3.05) is 0 Å². The molecular weight excluding hydrogens is 211 g/mol. The Morgan fingerprint density at radius 3 is 2.13 bits per heavy atom. The van der Waals surface area contributed by atoms with Gasteiger partial charge in [-0.15, -0.1) is 0 Å². The maximum absolute atomic E-state index is 13.4. The fraction of sp³-hybridized carbons (Fsp3) is 1.00. The van der Waals surface area contributed by atoms with E-state index in [1.54, 1.807) is 0 Å². The smallest absolute Gasteiger partial charge is 0.126 e. The van der Waals surface area contributed by atoms with E-state index in [4.69, 9.17) is 0 Å². The summed E-state index contributed by atoms with van der Waals surface area (Å²) >= 11 is 4.48. The summed E-state index contributed by atoms with van der Waals surface area (Å²) in [7, 11) is 0. The van der Waals surface area contributed by atoms with E-state index in [0.29, 0.717) is 29.9 Å². The van der Waals surface area contributed by atoms with Gasteiger partial charge in [-0.3, -0.25) is 0 Å². The Morgan fingerprint density at radius 1 is 0.933 bits per heavy atom. The van der Waals surface area contributed by atoms with E-state index in [0.717, 1.165) is 6.42 Å². The topological polar surface area (TPSA) is 20.2 Å². The van der Waals surface area contributed by atoms with Crippen LogP contribution in [-0.2, 0) is 0 Å². The van der Waals surface area contributed by atoms with Crippen molar-refractivity contribution in [1.82, 2.24) is 0 Å². The molecule has 0 aromatic rings. The van der Waals surface area contributed by atoms with Crippen LogP contribution < -0.4 is 0 Å². The highest BCUT2D eigenvalue weighted by molar-refractivity contribution is 7.80. The Balaban J connectivity index is 1.84. The van der Waals surface area contributed by atoms with Gasteiger partial charge in [-0.05, 0) is 56.8 Å². The number of hydrogen-bond donors (Lipinski definition) is 2. The number of aliphatic hydroxyl groups excluding tert-OH is 1. The predicted molar refractivity (Wildman–Crippen MR) is 63.0 cm³/mol. The van der Waals surface area contributed by atoms with Gasteiger partial charge in [0.05, 0.1) is 6.10 Å². The van der Waals surface area contributed by atoms with Crippen LogP contribution in [0, 0.1) is 11.8 Å². The average Bonchev–Trinajstić information content (AvgIpc) is 2.23. The zero-order chi connectivity index (χ0) is 10.8. The summed E-state index contributed by atoms with van der Waals surface area (Å²) in [5.41, 5.74) is 0. The molecule has 1 N–H and O–H groups in total. The summed E-state index contributed by atoms with van der Waals surface area (Å²) < 4.78 is 13.4. The summed E-state index contributed by atoms with van der Waals surface area (Å²) in [5, 5.41) is 9.91. The summed E-state index contributed by atoms with van der Waals surface area (Å²) in [6.07, 6.45) is 5.38. The Kier molecular flexibility index (Phi) is 3.94. The van der Waals surface area contributed by atoms with E-state index in [2.05, 4.69) is 12.6 Å². The van der Waals surface area contributed by atoms with Crippen molar-refractivity contribution in [2.45, 2.75) is 62.5 Å². The molecule has 0 aliphatic heterocycles. The number of halogens is 1. The Hall–Kier alpha value is 0.240. The molecule has 2 aliphatic carbocycles. The second-order valence-corrected chi connectivity index (χ2v) is 5.96. The van der Waals surface area contributed by atoms with E-state index < -0.39 is 12.3 Å². The summed E-state index contributed by atoms with van der Waals surface area (Å²) in [4.78, 5) is 0. The second-order valence-electron chi connectivity index (χ2n) is 5.23. The third-order valence-electron chi connectivity index (χ3n) is 4.19. The first-order chi connectivity index (χ1) is 7.16. The van der Waals surface area contributed by atoms with Gasteiger partial charge in [0.15, 0.2) is 0 Å². The first kappa shape index (κ1) is 11.7. The number of rotatable bonds is 1. The number of alkyl halides is 1. The molecule has 0 aromatic heterocycles. The minimum Gasteiger partial charge on any atom is -0.390 e. The van der Waals surface area contributed by atoms with Crippen molar-refractivity contribution < 1.29 is 9.50 Å². The normalized spacial score (nSPS) is 47.8. The fourth-order valence-corrected chi connectivity index (χ4v) is 3.43. The largest absolute Gasteiger partial charge is 0.390 e. The molecule has 1 nitrogen and oxygen atoms in total. The summed E-state index contributed by atoms with van der Waals surface area (Å²) in [6.45, 7) is 0. The number of aliphatic hydroxyl groups is 1. The molecular formula is C12H21FOS. The van der Waals surface area contributed by atoms with E-state index in [-0.39, 0.29) is 0 Å². The van der Waals surface area contributed by atoms with E-state index >= 15 is 0 Å². The molecule has 3 atom stereocenters. The van der Waals surface area contributed by atoms with Gasteiger partial charge in [0.25, 0.3) is 0 Å². The summed E-state index contributed by atoms with van der Waals surface area (Å²) in [5.74, 6) is 1.21. The predicted octanol–water partition coefficient (Wildman–Crippen LogP) is 2.97. The first-order valence-corrected chi connectivity index (χ1v) is 6.68. The lowest BCUT2D eigenvalue weighted by atomic mass is 9.72. The van der Waals surface area contributed by atoms with Gasteiger partial charge in [0.2, 0.25) is 0 Å². The highest BCUT2D eigenvalue weighted by Crippen LogP contribution is 2.40. The van der Waals surface area contributed by atoms with Crippen LogP contribution in [0.1, 0.15) is 44.9 Å². The van der Waals surface area contributed by atoms with Crippen molar-refractivity contribution in [3.63, 3.8) is 0 Å². The van der Waals surface area contributed by atoms with Crippen LogP contribution in [0.25, 0.3) is 0 Å². The minimum atomic E-state index is -0.975. The van der Waals surface area contributed by atoms with E-state index in [1.165, 1.54) is 25.7 Å². The van der Waals surface area contributed by atoms with Gasteiger partial charge >= 0.3 is 0 Å². The van der Waals surface area contributed by atoms with Crippen molar-refractivity contribution in [3.05, 3.63) is 0 Å². The molecule has 0 bridgehead atoms. The van der Waals surface area contributed by atoms with Gasteiger partial charge in [0.1, 0.15) is 6.17 Å². The quantitative estimate of drug-likeness (QED) is 0.666. The SMILES string of the molecule is OC1CCC(C2CCC(S)CC2)CC1F. The molecule has 2 rings (SSSR count). The molecule has 2 aliphatic rings. The molecule has 3 unspecified atom stereocenters. The van der Waals surface area contributed by atoms with Gasteiger partial charge in [-0.1, -0.05) is 0 Å². The third kappa shape index (κ3) is 2.88. The maximum atomic E-state index is 13.4. The molecule has 0 heterocycles. The Bertz CT molecular complexity index is 204. The zero-order valence-corrected chi connectivity index (χ0v) is 10.0. The van der Waals surface area contributed by atoms with Gasteiger partial charge in [-0.25, -0.2) is 4.39 Å². The lowest BCUT2D eigenvalue weighted by Crippen LogP contribution is -2.34. The summed E-state index contributed by atoms with van der Waals surface area (Å²) in [6, 6.07) is 0. The molecule has 0 aromatic carbocycles. The van der Waals surface area contributed by atoms with Crippen LogP contribution in [0.4, 0.5) is 4.39 Å². The molecule has 3 heteroatoms. The number of thiol groups is 1. The molecule has 2 fully saturated rings. The maximum Gasteiger partial charge on any atom is 0.126 e. The van der Waals surface area contributed by atoms with Crippen molar-refractivity contribution in [3.8, 4) is 0 Å². The standard InChI is InChI=1S/C12H21FOS/c13-11-7-9(3-6-12(11)14)8-1-4-10(15)5-2-8/h8-12,14-15H,1-7H2. The third-order valence-corrected chi connectivity index (χ3v) is 4.70. The van der Waals surface area contributed by atoms with Crippen molar-refractivity contribution in [2.24, 2.45) is 11.8 Å². The van der Waals surface area contributed by atoms with Gasteiger partial charge in [-0.2, -0.15) is 12.6 Å². The molecule has 2 saturated carbocycles. The van der Waals surface area contributed by atoms with Crippen LogP contribution in [-0.4, -0.2) is 22.6 Å². The molecule has 15 heavy (non-hydrogen) atoms. The van der Waals surface area contributed by atoms with Crippen molar-refractivity contribution in [1.29, 1.82) is 0 Å². The molecule has 0 spiro atoms. The zero-order valence-electron chi connectivity index (χ0n) is 9.11. The highest BCUT2D eigenvalue weighted by atomic mass is 32.1. The number of hydrogen-bond acceptors (Lipinski definition) is 2. The van der Waals surface area contributed by atoms with Crippen LogP contribution in [0.2, 0.25) is 0 Å². The molecule has 0 radical (unpaired) electrons. The van der Waals surface area contributed by atoms with Gasteiger partial charge in [0, 0.05) is 5.25 Å². The van der Waals surface area contributed by atoms with Crippen LogP contribution >= 0.6 is 12.6 Å². The fourth-order valence-electron chi connectivity index (χ4n) is 3.13. The van der Waals surface area contributed by atoms with Crippen LogP contribution in [0.15, 0.2) is 0 Å². The Labute approximate surface area is 96.9 Å². The molecule has 0 amide bonds.